The first-order valence-electron chi connectivity index (χ1n) is 15.9. The van der Waals surface area contributed by atoms with Crippen LogP contribution < -0.4 is 29.6 Å². The molecule has 2 N–H and O–H groups in total. The minimum Gasteiger partial charge on any atom is -0.493 e. The van der Waals surface area contributed by atoms with E-state index >= 15 is 0 Å². The molecule has 0 saturated carbocycles. The lowest BCUT2D eigenvalue weighted by Crippen LogP contribution is -2.46. The van der Waals surface area contributed by atoms with E-state index in [9.17, 15) is 19.2 Å². The fourth-order valence-electron chi connectivity index (χ4n) is 6.04. The Balaban J connectivity index is 1.26. The molecule has 2 aromatic carbocycles. The van der Waals surface area contributed by atoms with Crippen molar-refractivity contribution in [3.63, 3.8) is 0 Å². The molecule has 1 aromatic heterocycles. The monoisotopic (exact) mass is 646 g/mol. The maximum Gasteiger partial charge on any atom is 0.289 e. The van der Waals surface area contributed by atoms with Crippen molar-refractivity contribution in [2.24, 2.45) is 0 Å². The Hall–Kier alpha value is -5.20. The van der Waals surface area contributed by atoms with Gasteiger partial charge in [-0.2, -0.15) is 0 Å². The summed E-state index contributed by atoms with van der Waals surface area (Å²) in [4.78, 5) is 57.1. The van der Waals surface area contributed by atoms with Crippen molar-refractivity contribution in [1.29, 1.82) is 0 Å². The molecule has 3 aromatic rings. The molecule has 13 heteroatoms. The van der Waals surface area contributed by atoms with Gasteiger partial charge < -0.3 is 43.8 Å². The number of amides is 4. The molecular weight excluding hydrogens is 608 g/mol. The number of hydrogen-bond acceptors (Lipinski definition) is 9. The van der Waals surface area contributed by atoms with Gasteiger partial charge >= 0.3 is 0 Å². The number of nitrogens with zero attached hydrogens (tertiary/aromatic N) is 2. The molecule has 1 saturated heterocycles. The van der Waals surface area contributed by atoms with Gasteiger partial charge in [0.15, 0.2) is 28.8 Å². The van der Waals surface area contributed by atoms with E-state index in [2.05, 4.69) is 10.6 Å². The second kappa shape index (κ2) is 14.5. The number of likely N-dealkylation sites (tertiary alicyclic amines) is 1. The van der Waals surface area contributed by atoms with Crippen LogP contribution in [0.25, 0.3) is 0 Å². The maximum atomic E-state index is 14.0. The molecule has 13 nitrogen and oxygen atoms in total. The first kappa shape index (κ1) is 31.8. The molecule has 6 rings (SSSR count). The van der Waals surface area contributed by atoms with Crippen molar-refractivity contribution in [3.05, 3.63) is 71.7 Å². The molecule has 3 aliphatic rings. The number of rotatable bonds is 3. The molecule has 0 radical (unpaired) electrons. The summed E-state index contributed by atoms with van der Waals surface area (Å²) in [5, 5.41) is 5.90. The first-order chi connectivity index (χ1) is 22.9. The maximum absolute atomic E-state index is 14.0. The Labute approximate surface area is 272 Å². The minimum absolute atomic E-state index is 0.116. The summed E-state index contributed by atoms with van der Waals surface area (Å²) >= 11 is 0. The number of carbonyl (C=O) groups excluding carboxylic acids is 4. The third kappa shape index (κ3) is 7.13. The summed E-state index contributed by atoms with van der Waals surface area (Å²) in [6.45, 7) is 2.35. The highest BCUT2D eigenvalue weighted by Gasteiger charge is 2.42. The molecule has 1 fully saturated rings. The van der Waals surface area contributed by atoms with Crippen LogP contribution in [0.5, 0.6) is 23.0 Å². The van der Waals surface area contributed by atoms with Gasteiger partial charge in [-0.1, -0.05) is 6.07 Å². The number of para-hydroxylation sites is 1. The van der Waals surface area contributed by atoms with Gasteiger partial charge in [-0.25, -0.2) is 0 Å². The number of methoxy groups -OCH3 is 1. The molecule has 3 aliphatic heterocycles. The van der Waals surface area contributed by atoms with Crippen LogP contribution in [0.15, 0.2) is 59.2 Å². The van der Waals surface area contributed by atoms with Gasteiger partial charge in [0.25, 0.3) is 17.7 Å². The number of carbonyl (C=O) groups is 4. The molecule has 248 valence electrons. The van der Waals surface area contributed by atoms with Crippen molar-refractivity contribution in [3.8, 4) is 23.0 Å². The quantitative estimate of drug-likeness (QED) is 0.438. The van der Waals surface area contributed by atoms with Gasteiger partial charge in [0.2, 0.25) is 5.91 Å². The summed E-state index contributed by atoms with van der Waals surface area (Å²) in [5.74, 6) is 0.552. The zero-order valence-electron chi connectivity index (χ0n) is 26.2. The van der Waals surface area contributed by atoms with Crippen LogP contribution in [0, 0.1) is 0 Å². The van der Waals surface area contributed by atoms with Crippen LogP contribution in [0.3, 0.4) is 0 Å². The Morgan fingerprint density at radius 2 is 1.72 bits per heavy atom. The lowest BCUT2D eigenvalue weighted by atomic mass is 10.1. The van der Waals surface area contributed by atoms with Crippen molar-refractivity contribution in [1.82, 2.24) is 20.4 Å². The van der Waals surface area contributed by atoms with Crippen LogP contribution in [0.4, 0.5) is 0 Å². The minimum atomic E-state index is -0.829. The van der Waals surface area contributed by atoms with Gasteiger partial charge in [0, 0.05) is 38.2 Å². The summed E-state index contributed by atoms with van der Waals surface area (Å²) in [6.07, 6.45) is 2.86. The smallest absolute Gasteiger partial charge is 0.289 e. The fraction of sp³-hybridized carbons (Fsp3) is 0.412. The molecule has 4 bridgehead atoms. The summed E-state index contributed by atoms with van der Waals surface area (Å²) in [7, 11) is 1.50. The number of ether oxygens (including phenoxy) is 4. The number of benzene rings is 2. The van der Waals surface area contributed by atoms with Crippen molar-refractivity contribution in [2.75, 3.05) is 53.0 Å². The predicted octanol–water partition coefficient (Wildman–Crippen LogP) is 2.89. The molecule has 47 heavy (non-hydrogen) atoms. The number of hydrogen-bond donors (Lipinski definition) is 2. The second-order valence-electron chi connectivity index (χ2n) is 11.5. The van der Waals surface area contributed by atoms with E-state index in [0.717, 1.165) is 0 Å². The van der Waals surface area contributed by atoms with E-state index in [1.165, 1.54) is 18.3 Å². The third-order valence-corrected chi connectivity index (χ3v) is 8.41. The average molecular weight is 647 g/mol. The molecular formula is C34H38N4O9. The van der Waals surface area contributed by atoms with Crippen LogP contribution in [-0.4, -0.2) is 98.6 Å². The second-order valence-corrected chi connectivity index (χ2v) is 11.5. The number of furan rings is 1. The van der Waals surface area contributed by atoms with Crippen LogP contribution in [0.1, 0.15) is 57.0 Å². The molecule has 4 amide bonds. The largest absolute Gasteiger partial charge is 0.493 e. The van der Waals surface area contributed by atoms with Crippen molar-refractivity contribution >= 4 is 23.6 Å². The normalized spacial score (nSPS) is 20.5. The van der Waals surface area contributed by atoms with Crippen molar-refractivity contribution < 1.29 is 42.5 Å². The highest BCUT2D eigenvalue weighted by molar-refractivity contribution is 6.01. The summed E-state index contributed by atoms with van der Waals surface area (Å²) < 4.78 is 28.7. The van der Waals surface area contributed by atoms with Crippen molar-refractivity contribution in [2.45, 2.75) is 37.8 Å². The Bertz CT molecular complexity index is 1610. The van der Waals surface area contributed by atoms with Gasteiger partial charge in [-0.3, -0.25) is 19.2 Å². The third-order valence-electron chi connectivity index (χ3n) is 8.41. The molecule has 2 atom stereocenters. The van der Waals surface area contributed by atoms with Gasteiger partial charge in [0.05, 0.1) is 25.5 Å². The zero-order chi connectivity index (χ0) is 32.8. The summed E-state index contributed by atoms with van der Waals surface area (Å²) in [6, 6.07) is 12.4. The van der Waals surface area contributed by atoms with E-state index in [-0.39, 0.29) is 42.4 Å². The number of nitrogens with one attached hydrogen (secondary N) is 2. The topological polar surface area (TPSA) is 149 Å². The van der Waals surface area contributed by atoms with Gasteiger partial charge in [0.1, 0.15) is 25.4 Å². The fourth-order valence-corrected chi connectivity index (χ4v) is 6.04. The molecule has 0 unspecified atom stereocenters. The van der Waals surface area contributed by atoms with Crippen LogP contribution in [0.2, 0.25) is 0 Å². The summed E-state index contributed by atoms with van der Waals surface area (Å²) in [5.41, 5.74) is 0.656. The van der Waals surface area contributed by atoms with E-state index in [0.29, 0.717) is 92.8 Å². The molecule has 0 aliphatic carbocycles. The highest BCUT2D eigenvalue weighted by Crippen LogP contribution is 2.37. The van der Waals surface area contributed by atoms with Crippen LogP contribution >= 0.6 is 0 Å². The zero-order valence-corrected chi connectivity index (χ0v) is 26.2. The van der Waals surface area contributed by atoms with Gasteiger partial charge in [-0.05, 0) is 61.7 Å². The van der Waals surface area contributed by atoms with Gasteiger partial charge in [-0.15, -0.1) is 0 Å². The van der Waals surface area contributed by atoms with Crippen LogP contribution in [-0.2, 0) is 4.79 Å². The average Bonchev–Trinajstić information content (AvgIpc) is 3.79. The number of fused-ring (bicyclic) bond motifs is 5. The molecule has 0 spiro atoms. The highest BCUT2D eigenvalue weighted by atomic mass is 16.6. The Morgan fingerprint density at radius 1 is 0.894 bits per heavy atom. The van der Waals surface area contributed by atoms with E-state index < -0.39 is 12.1 Å². The molecule has 4 heterocycles. The Kier molecular flexibility index (Phi) is 9.79. The first-order valence-corrected chi connectivity index (χ1v) is 15.9. The van der Waals surface area contributed by atoms with E-state index in [4.69, 9.17) is 23.4 Å². The standard InChI is InChI=1S/C34H38N4O9/c1-43-26-11-10-22-19-29(26)47-23-20-25(38(21-23)33(41)24-7-4-8-27-30(24)46-18-17-45-27)32(40)36-12-2-3-14-37(15-6-13-35-31(22)39)34(42)28-9-5-16-44-28/h4-5,7-11,16,19,23,25H,2-3,6,12-15,17-18,20-21H2,1H3,(H,35,39)(H,36,40)/t23-,25-/m0/s1. The lowest BCUT2D eigenvalue weighted by molar-refractivity contribution is -0.124. The van der Waals surface area contributed by atoms with E-state index in [1.54, 1.807) is 53.4 Å². The predicted molar refractivity (Wildman–Crippen MR) is 168 cm³/mol. The Morgan fingerprint density at radius 3 is 2.55 bits per heavy atom. The SMILES string of the molecule is COc1ccc2cc1O[C@H]1C[C@@H](C(=O)NCCCCN(C(=O)c3ccco3)CCCNC2=O)N(C(=O)c2cccc3c2OCCO3)C1. The van der Waals surface area contributed by atoms with E-state index in [1.807, 2.05) is 0 Å². The lowest BCUT2D eigenvalue weighted by Gasteiger charge is -2.26.